The number of aromatic nitrogens is 1. The molecule has 1 aromatic heterocycles. The molecule has 0 bridgehead atoms. The number of rotatable bonds is 2. The van der Waals surface area contributed by atoms with Crippen LogP contribution in [0.15, 0.2) is 6.07 Å². The standard InChI is InChI=1S/C15H22N2O2/c1-10-9-11(2)16-13(12(10)14(18)19)17-7-5-15(3,4)6-8-17/h9H,5-8H2,1-4H3,(H,18,19). The Kier molecular flexibility index (Phi) is 3.52. The molecule has 0 aliphatic carbocycles. The molecule has 0 unspecified atom stereocenters. The van der Waals surface area contributed by atoms with Crippen LogP contribution in [0.5, 0.6) is 0 Å². The van der Waals surface area contributed by atoms with Gasteiger partial charge in [-0.1, -0.05) is 13.8 Å². The maximum absolute atomic E-state index is 11.5. The molecule has 104 valence electrons. The third kappa shape index (κ3) is 2.88. The Balaban J connectivity index is 2.37. The van der Waals surface area contributed by atoms with Crippen molar-refractivity contribution in [3.8, 4) is 0 Å². The average Bonchev–Trinajstić information content (AvgIpc) is 2.26. The maximum Gasteiger partial charge on any atom is 0.339 e. The van der Waals surface area contributed by atoms with E-state index < -0.39 is 5.97 Å². The van der Waals surface area contributed by atoms with Gasteiger partial charge in [0.05, 0.1) is 0 Å². The van der Waals surface area contributed by atoms with E-state index in [0.29, 0.717) is 16.8 Å². The number of hydrogen-bond acceptors (Lipinski definition) is 3. The summed E-state index contributed by atoms with van der Waals surface area (Å²) < 4.78 is 0. The monoisotopic (exact) mass is 262 g/mol. The number of aromatic carboxylic acids is 1. The first kappa shape index (κ1) is 13.8. The Morgan fingerprint density at radius 3 is 2.42 bits per heavy atom. The summed E-state index contributed by atoms with van der Waals surface area (Å²) in [5, 5.41) is 9.40. The molecule has 1 saturated heterocycles. The third-order valence-corrected chi connectivity index (χ3v) is 3.96. The summed E-state index contributed by atoms with van der Waals surface area (Å²) in [6, 6.07) is 1.83. The highest BCUT2D eigenvalue weighted by Gasteiger charge is 2.29. The van der Waals surface area contributed by atoms with Gasteiger partial charge in [-0.15, -0.1) is 0 Å². The van der Waals surface area contributed by atoms with E-state index in [4.69, 9.17) is 0 Å². The molecule has 0 atom stereocenters. The van der Waals surface area contributed by atoms with Crippen molar-refractivity contribution in [2.75, 3.05) is 18.0 Å². The lowest BCUT2D eigenvalue weighted by atomic mass is 9.82. The van der Waals surface area contributed by atoms with Crippen molar-refractivity contribution < 1.29 is 9.90 Å². The molecular weight excluding hydrogens is 240 g/mol. The zero-order chi connectivity index (χ0) is 14.2. The fourth-order valence-corrected chi connectivity index (χ4v) is 2.63. The van der Waals surface area contributed by atoms with E-state index in [1.165, 1.54) is 0 Å². The van der Waals surface area contributed by atoms with Gasteiger partial charge in [0, 0.05) is 18.8 Å². The van der Waals surface area contributed by atoms with Gasteiger partial charge in [0.15, 0.2) is 0 Å². The average molecular weight is 262 g/mol. The molecule has 2 rings (SSSR count). The minimum absolute atomic E-state index is 0.346. The Hall–Kier alpha value is -1.58. The molecule has 4 nitrogen and oxygen atoms in total. The lowest BCUT2D eigenvalue weighted by Crippen LogP contribution is -2.38. The van der Waals surface area contributed by atoms with Gasteiger partial charge >= 0.3 is 5.97 Å². The minimum atomic E-state index is -0.884. The number of pyridine rings is 1. The van der Waals surface area contributed by atoms with E-state index >= 15 is 0 Å². The van der Waals surface area contributed by atoms with Crippen molar-refractivity contribution in [2.24, 2.45) is 5.41 Å². The molecule has 0 saturated carbocycles. The molecule has 1 N–H and O–H groups in total. The number of nitrogens with zero attached hydrogens (tertiary/aromatic N) is 2. The number of hydrogen-bond donors (Lipinski definition) is 1. The van der Waals surface area contributed by atoms with E-state index in [1.807, 2.05) is 19.9 Å². The number of carboxylic acids is 1. The van der Waals surface area contributed by atoms with Crippen LogP contribution in [0.3, 0.4) is 0 Å². The Bertz CT molecular complexity index is 499. The molecule has 1 aliphatic rings. The summed E-state index contributed by atoms with van der Waals surface area (Å²) in [7, 11) is 0. The Morgan fingerprint density at radius 2 is 1.89 bits per heavy atom. The molecule has 2 heterocycles. The van der Waals surface area contributed by atoms with Crippen LogP contribution in [0.4, 0.5) is 5.82 Å². The zero-order valence-corrected chi connectivity index (χ0v) is 12.2. The second-order valence-corrected chi connectivity index (χ2v) is 6.24. The van der Waals surface area contributed by atoms with Crippen LogP contribution in [-0.2, 0) is 0 Å². The number of carboxylic acid groups (broad SMARTS) is 1. The summed E-state index contributed by atoms with van der Waals surface area (Å²) in [4.78, 5) is 18.0. The molecule has 4 heteroatoms. The van der Waals surface area contributed by atoms with Crippen molar-refractivity contribution in [3.63, 3.8) is 0 Å². The predicted molar refractivity (Wildman–Crippen MR) is 75.9 cm³/mol. The van der Waals surface area contributed by atoms with Crippen LogP contribution in [-0.4, -0.2) is 29.1 Å². The Morgan fingerprint density at radius 1 is 1.32 bits per heavy atom. The topological polar surface area (TPSA) is 53.4 Å². The van der Waals surface area contributed by atoms with Crippen molar-refractivity contribution in [3.05, 3.63) is 22.9 Å². The molecule has 1 aromatic rings. The van der Waals surface area contributed by atoms with Crippen LogP contribution in [0.2, 0.25) is 0 Å². The van der Waals surface area contributed by atoms with Crippen LogP contribution in [0.1, 0.15) is 48.3 Å². The van der Waals surface area contributed by atoms with Gasteiger partial charge < -0.3 is 10.0 Å². The highest BCUT2D eigenvalue weighted by atomic mass is 16.4. The van der Waals surface area contributed by atoms with Gasteiger partial charge in [0.25, 0.3) is 0 Å². The Labute approximate surface area is 114 Å². The molecule has 19 heavy (non-hydrogen) atoms. The minimum Gasteiger partial charge on any atom is -0.478 e. The molecule has 0 spiro atoms. The van der Waals surface area contributed by atoms with Crippen molar-refractivity contribution in [1.29, 1.82) is 0 Å². The van der Waals surface area contributed by atoms with Crippen molar-refractivity contribution in [1.82, 2.24) is 4.98 Å². The van der Waals surface area contributed by atoms with E-state index in [0.717, 1.165) is 37.2 Å². The highest BCUT2D eigenvalue weighted by molar-refractivity contribution is 5.95. The number of piperidine rings is 1. The van der Waals surface area contributed by atoms with Gasteiger partial charge in [-0.3, -0.25) is 0 Å². The lowest BCUT2D eigenvalue weighted by Gasteiger charge is -2.38. The SMILES string of the molecule is Cc1cc(C)c(C(=O)O)c(N2CCC(C)(C)CC2)n1. The smallest absolute Gasteiger partial charge is 0.339 e. The van der Waals surface area contributed by atoms with Gasteiger partial charge in [-0.25, -0.2) is 9.78 Å². The van der Waals surface area contributed by atoms with E-state index in [-0.39, 0.29) is 0 Å². The lowest BCUT2D eigenvalue weighted by molar-refractivity contribution is 0.0696. The normalized spacial score (nSPS) is 18.4. The van der Waals surface area contributed by atoms with Crippen molar-refractivity contribution >= 4 is 11.8 Å². The van der Waals surface area contributed by atoms with Crippen LogP contribution in [0, 0.1) is 19.3 Å². The summed E-state index contributed by atoms with van der Waals surface area (Å²) in [6.45, 7) is 10.0. The predicted octanol–water partition coefficient (Wildman–Crippen LogP) is 3.02. The molecule has 1 fully saturated rings. The number of anilines is 1. The first-order valence-corrected chi connectivity index (χ1v) is 6.77. The summed E-state index contributed by atoms with van der Waals surface area (Å²) >= 11 is 0. The highest BCUT2D eigenvalue weighted by Crippen LogP contribution is 2.33. The zero-order valence-electron chi connectivity index (χ0n) is 12.2. The van der Waals surface area contributed by atoms with Gasteiger partial charge in [-0.2, -0.15) is 0 Å². The second-order valence-electron chi connectivity index (χ2n) is 6.24. The quantitative estimate of drug-likeness (QED) is 0.890. The fourth-order valence-electron chi connectivity index (χ4n) is 2.63. The third-order valence-electron chi connectivity index (χ3n) is 3.96. The van der Waals surface area contributed by atoms with Gasteiger partial charge in [-0.05, 0) is 43.7 Å². The first-order valence-electron chi connectivity index (χ1n) is 6.77. The summed E-state index contributed by atoms with van der Waals surface area (Å²) in [5.74, 6) is -0.245. The van der Waals surface area contributed by atoms with E-state index in [9.17, 15) is 9.90 Å². The molecular formula is C15H22N2O2. The number of aryl methyl sites for hydroxylation is 2. The fraction of sp³-hybridized carbons (Fsp3) is 0.600. The molecule has 0 aromatic carbocycles. The van der Waals surface area contributed by atoms with E-state index in [1.54, 1.807) is 0 Å². The molecule has 0 amide bonds. The van der Waals surface area contributed by atoms with Crippen LogP contribution >= 0.6 is 0 Å². The van der Waals surface area contributed by atoms with Crippen LogP contribution in [0.25, 0.3) is 0 Å². The molecule has 1 aliphatic heterocycles. The van der Waals surface area contributed by atoms with Gasteiger partial charge in [0.2, 0.25) is 0 Å². The summed E-state index contributed by atoms with van der Waals surface area (Å²) in [5.41, 5.74) is 2.37. The van der Waals surface area contributed by atoms with Gasteiger partial charge in [0.1, 0.15) is 11.4 Å². The largest absolute Gasteiger partial charge is 0.478 e. The first-order chi connectivity index (χ1) is 8.80. The second kappa shape index (κ2) is 4.83. The molecule has 0 radical (unpaired) electrons. The maximum atomic E-state index is 11.5. The van der Waals surface area contributed by atoms with E-state index in [2.05, 4.69) is 23.7 Å². The van der Waals surface area contributed by atoms with Crippen LogP contribution < -0.4 is 4.90 Å². The summed E-state index contributed by atoms with van der Waals surface area (Å²) in [6.07, 6.45) is 2.14. The van der Waals surface area contributed by atoms with Crippen molar-refractivity contribution in [2.45, 2.75) is 40.5 Å². The number of carbonyl (C=O) groups is 1.